The highest BCUT2D eigenvalue weighted by Gasteiger charge is 1.97. The highest BCUT2D eigenvalue weighted by Crippen LogP contribution is 1.47. The lowest BCUT2D eigenvalue weighted by molar-refractivity contribution is -1.35. The number of halogens is 1. The van der Waals surface area contributed by atoms with Crippen molar-refractivity contribution >= 4 is 0 Å². The maximum absolute atomic E-state index is 9.19. The summed E-state index contributed by atoms with van der Waals surface area (Å²) in [5, 5.41) is 7.93. The lowest BCUT2D eigenvalue weighted by Crippen LogP contribution is -3.70. The highest BCUT2D eigenvalue weighted by molar-refractivity contribution is 3.84. The molecule has 0 radical (unpaired) electrons. The van der Waals surface area contributed by atoms with Gasteiger partial charge in [0.05, 0.1) is 0 Å². The average molecular weight is 205 g/mol. The minimum atomic E-state index is -1.88. The Morgan fingerprint density at radius 3 is 2.33 bits per heavy atom. The first-order valence-electron chi connectivity index (χ1n) is 0.856. The van der Waals surface area contributed by atoms with Gasteiger partial charge in [0, 0.05) is 0 Å². The second-order valence-electron chi connectivity index (χ2n) is 0.356. The van der Waals surface area contributed by atoms with E-state index in [1.54, 1.807) is 0 Å². The van der Waals surface area contributed by atoms with Crippen LogP contribution in [0.25, 0.3) is 0 Å². The van der Waals surface area contributed by atoms with Crippen molar-refractivity contribution in [3.8, 4) is 0 Å². The number of hydrogen-bond donors (Lipinski definition) is 0. The molecule has 0 rings (SSSR count). The van der Waals surface area contributed by atoms with E-state index in [9.17, 15) is 3.44 Å². The summed E-state index contributed by atoms with van der Waals surface area (Å²) in [4.78, 5) is 9.01. The second-order valence-corrected chi connectivity index (χ2v) is 1.11. The summed E-state index contributed by atoms with van der Waals surface area (Å²) in [6.45, 7) is 0. The summed E-state index contributed by atoms with van der Waals surface area (Å²) in [6.07, 6.45) is 0. The molecule has 6 heteroatoms. The zero-order valence-electron chi connectivity index (χ0n) is 2.46. The van der Waals surface area contributed by atoms with Gasteiger partial charge < -0.3 is 3.44 Å². The van der Waals surface area contributed by atoms with Crippen molar-refractivity contribution in [3.63, 3.8) is 0 Å². The Morgan fingerprint density at radius 2 is 2.33 bits per heavy atom. The molecule has 0 aromatic carbocycles. The maximum atomic E-state index is 9.19. The monoisotopic (exact) mass is 205 g/mol. The quantitative estimate of drug-likeness (QED) is 0.258. The largest absolute Gasteiger partial charge is 0.566 e. The molecule has 0 unspecified atom stereocenters. The fourth-order valence-corrected chi connectivity index (χ4v) is 0.154. The maximum Gasteiger partial charge on any atom is 0.509 e. The fourth-order valence-electron chi connectivity index (χ4n) is 0.0230. The van der Waals surface area contributed by atoms with Crippen LogP contribution < -0.4 is 25.5 Å². The van der Waals surface area contributed by atoms with Crippen molar-refractivity contribution in [1.82, 2.24) is 0 Å². The molecule has 0 aromatic heterocycles. The molecular weight excluding hydrogens is 205 g/mol. The number of rotatable bonds is 2. The van der Waals surface area contributed by atoms with Crippen molar-refractivity contribution in [2.24, 2.45) is 0 Å². The molecule has 0 atom stereocenters. The van der Waals surface area contributed by atoms with Crippen LogP contribution in [0.1, 0.15) is 0 Å². The summed E-state index contributed by atoms with van der Waals surface area (Å²) in [5.74, 6) is 0. The van der Waals surface area contributed by atoms with Crippen molar-refractivity contribution in [1.29, 1.82) is 0 Å². The Bertz CT molecular complexity index is 51.5. The molecule has 0 bridgehead atoms. The van der Waals surface area contributed by atoms with E-state index in [4.69, 9.17) is 10.1 Å². The Balaban J connectivity index is 2.83. The molecule has 0 saturated carbocycles. The third kappa shape index (κ3) is 3.89. The van der Waals surface area contributed by atoms with Crippen LogP contribution in [-0.2, 0) is 3.17 Å². The van der Waals surface area contributed by atoms with Gasteiger partial charge in [-0.15, -0.1) is 10.1 Å². The van der Waals surface area contributed by atoms with Crippen LogP contribution in [0.2, 0.25) is 0 Å². The minimum Gasteiger partial charge on any atom is -0.566 e. The summed E-state index contributed by atoms with van der Waals surface area (Å²) >= 11 is -1.88. The lowest BCUT2D eigenvalue weighted by Gasteiger charge is -1.71. The van der Waals surface area contributed by atoms with Crippen LogP contribution in [0.3, 0.4) is 0 Å². The van der Waals surface area contributed by atoms with Crippen LogP contribution in [0.5, 0.6) is 0 Å². The van der Waals surface area contributed by atoms with Gasteiger partial charge in [-0.05, 0) is 0 Å². The van der Waals surface area contributed by atoms with E-state index in [0.29, 0.717) is 0 Å². The van der Waals surface area contributed by atoms with E-state index in [1.807, 2.05) is 0 Å². The van der Waals surface area contributed by atoms with E-state index in [0.717, 1.165) is 0 Å². The molecular formula is INO4. The highest BCUT2D eigenvalue weighted by atomic mass is 127. The zero-order chi connectivity index (χ0) is 4.99. The summed E-state index contributed by atoms with van der Waals surface area (Å²) in [5.41, 5.74) is 0. The van der Waals surface area contributed by atoms with Gasteiger partial charge >= 0.3 is 27.1 Å². The van der Waals surface area contributed by atoms with Crippen LogP contribution in [-0.4, -0.2) is 5.09 Å². The van der Waals surface area contributed by atoms with Crippen molar-refractivity contribution in [2.75, 3.05) is 0 Å². The van der Waals surface area contributed by atoms with Gasteiger partial charge in [0.2, 0.25) is 0 Å². The van der Waals surface area contributed by atoms with E-state index in [-0.39, 0.29) is 0 Å². The number of nitrogens with zero attached hydrogens (tertiary/aromatic N) is 1. The van der Waals surface area contributed by atoms with E-state index in [2.05, 4.69) is 3.17 Å². The third-order valence-corrected chi connectivity index (χ3v) is 0.567. The van der Waals surface area contributed by atoms with Gasteiger partial charge in [-0.3, -0.25) is 0 Å². The minimum absolute atomic E-state index is 1.08. The molecule has 0 fully saturated rings. The van der Waals surface area contributed by atoms with Gasteiger partial charge in [0.25, 0.3) is 0 Å². The molecule has 36 valence electrons. The van der Waals surface area contributed by atoms with Gasteiger partial charge in [0.1, 0.15) is 0 Å². The average Bonchev–Trinajstić information content (AvgIpc) is 1.35. The molecule has 0 aromatic rings. The first kappa shape index (κ1) is 5.89. The van der Waals surface area contributed by atoms with Crippen LogP contribution in [0.4, 0.5) is 0 Å². The van der Waals surface area contributed by atoms with E-state index < -0.39 is 27.1 Å². The molecule has 0 heterocycles. The first-order chi connectivity index (χ1) is 2.77. The van der Waals surface area contributed by atoms with Crippen molar-refractivity contribution in [3.05, 3.63) is 10.1 Å². The molecule has 0 spiro atoms. The zero-order valence-corrected chi connectivity index (χ0v) is 4.62. The van der Waals surface area contributed by atoms with Crippen molar-refractivity contribution in [2.45, 2.75) is 0 Å². The molecule has 0 aliphatic carbocycles. The van der Waals surface area contributed by atoms with Crippen molar-refractivity contribution < 1.29 is 33.7 Å². The van der Waals surface area contributed by atoms with Crippen LogP contribution >= 0.6 is 0 Å². The molecule has 6 heavy (non-hydrogen) atoms. The molecule has 0 aliphatic heterocycles. The second kappa shape index (κ2) is 3.09. The van der Waals surface area contributed by atoms with E-state index >= 15 is 0 Å². The van der Waals surface area contributed by atoms with Crippen LogP contribution in [0.15, 0.2) is 0 Å². The van der Waals surface area contributed by atoms with Crippen LogP contribution in [0, 0.1) is 10.1 Å². The molecule has 0 N–H and O–H groups in total. The standard InChI is InChI=1S/INO4/c3-1-6-2(4)5. The molecule has 5 nitrogen and oxygen atoms in total. The van der Waals surface area contributed by atoms with Gasteiger partial charge in [-0.1, -0.05) is 3.17 Å². The SMILES string of the molecule is O=[N+]([O-])O[I+][O-]. The van der Waals surface area contributed by atoms with Gasteiger partial charge in [-0.2, -0.15) is 0 Å². The van der Waals surface area contributed by atoms with Gasteiger partial charge in [0.15, 0.2) is 0 Å². The smallest absolute Gasteiger partial charge is 0.509 e. The topological polar surface area (TPSA) is 75.4 Å². The first-order valence-corrected chi connectivity index (χ1v) is 2.62. The fraction of sp³-hybridized carbons (Fsp3) is 0. The Kier molecular flexibility index (Phi) is 3.04. The lowest BCUT2D eigenvalue weighted by atomic mass is 13.1. The predicted octanol–water partition coefficient (Wildman–Crippen LogP) is -4.53. The van der Waals surface area contributed by atoms with Gasteiger partial charge in [-0.25, -0.2) is 0 Å². The Hall–Kier alpha value is -0.110. The number of hydrogen-bond acceptors (Lipinski definition) is 4. The predicted molar refractivity (Wildman–Crippen MR) is 8.08 cm³/mol. The summed E-state index contributed by atoms with van der Waals surface area (Å²) < 4.78 is 12.5. The normalized spacial score (nSPS) is 7.50. The van der Waals surface area contributed by atoms with E-state index in [1.165, 1.54) is 0 Å². The summed E-state index contributed by atoms with van der Waals surface area (Å²) in [6, 6.07) is 0. The summed E-state index contributed by atoms with van der Waals surface area (Å²) in [7, 11) is 0. The Morgan fingerprint density at radius 1 is 1.83 bits per heavy atom. The Labute approximate surface area is 44.4 Å². The third-order valence-electron chi connectivity index (χ3n) is 0.0845. The molecule has 0 saturated heterocycles. The molecule has 0 aliphatic rings. The molecule has 0 amide bonds.